The van der Waals surface area contributed by atoms with Gasteiger partial charge < -0.3 is 20.3 Å². The van der Waals surface area contributed by atoms with Gasteiger partial charge in [-0.3, -0.25) is 0 Å². The van der Waals surface area contributed by atoms with Crippen LogP contribution in [0.4, 0.5) is 0 Å². The van der Waals surface area contributed by atoms with E-state index in [1.807, 2.05) is 37.3 Å². The molecule has 2 aromatic rings. The van der Waals surface area contributed by atoms with Gasteiger partial charge in [0.25, 0.3) is 0 Å². The SMILES string of the molecule is CC(CO)(NCC(O)COc1cnsn1)c1ccccc1. The van der Waals surface area contributed by atoms with Crippen molar-refractivity contribution in [1.29, 1.82) is 0 Å². The first-order chi connectivity index (χ1) is 10.1. The Hall–Kier alpha value is -1.54. The molecule has 0 fully saturated rings. The Bertz CT molecular complexity index is 524. The molecule has 0 spiro atoms. The molecule has 3 N–H and O–H groups in total. The van der Waals surface area contributed by atoms with Gasteiger partial charge in [-0.2, -0.15) is 4.37 Å². The van der Waals surface area contributed by atoms with E-state index in [9.17, 15) is 10.2 Å². The van der Waals surface area contributed by atoms with E-state index >= 15 is 0 Å². The minimum Gasteiger partial charge on any atom is -0.473 e. The van der Waals surface area contributed by atoms with Crippen LogP contribution in [0.3, 0.4) is 0 Å². The molecule has 1 aromatic heterocycles. The molecule has 114 valence electrons. The highest BCUT2D eigenvalue weighted by Gasteiger charge is 2.25. The summed E-state index contributed by atoms with van der Waals surface area (Å²) in [6.45, 7) is 2.24. The van der Waals surface area contributed by atoms with Crippen molar-refractivity contribution in [1.82, 2.24) is 14.1 Å². The quantitative estimate of drug-likeness (QED) is 0.668. The molecule has 2 rings (SSSR count). The average molecular weight is 309 g/mol. The zero-order valence-corrected chi connectivity index (χ0v) is 12.6. The van der Waals surface area contributed by atoms with Crippen LogP contribution < -0.4 is 10.1 Å². The predicted octanol–water partition coefficient (Wildman–Crippen LogP) is 0.775. The second-order valence-electron chi connectivity index (χ2n) is 4.95. The van der Waals surface area contributed by atoms with Gasteiger partial charge in [0.2, 0.25) is 5.88 Å². The number of aliphatic hydroxyl groups excluding tert-OH is 2. The third kappa shape index (κ3) is 4.47. The van der Waals surface area contributed by atoms with E-state index < -0.39 is 11.6 Å². The Labute approximate surface area is 127 Å². The highest BCUT2D eigenvalue weighted by molar-refractivity contribution is 6.99. The van der Waals surface area contributed by atoms with Gasteiger partial charge in [0.1, 0.15) is 18.9 Å². The maximum atomic E-state index is 9.94. The molecule has 2 unspecified atom stereocenters. The summed E-state index contributed by atoms with van der Waals surface area (Å²) in [6, 6.07) is 9.63. The summed E-state index contributed by atoms with van der Waals surface area (Å²) in [4.78, 5) is 0. The minimum absolute atomic E-state index is 0.0689. The first kappa shape index (κ1) is 15.8. The molecule has 0 radical (unpaired) electrons. The fraction of sp³-hybridized carbons (Fsp3) is 0.429. The number of hydrogen-bond acceptors (Lipinski definition) is 7. The van der Waals surface area contributed by atoms with Gasteiger partial charge in [0, 0.05) is 6.54 Å². The summed E-state index contributed by atoms with van der Waals surface area (Å²) < 4.78 is 13.0. The minimum atomic E-state index is -0.707. The van der Waals surface area contributed by atoms with Crippen molar-refractivity contribution in [2.45, 2.75) is 18.6 Å². The van der Waals surface area contributed by atoms with E-state index in [2.05, 4.69) is 14.1 Å². The number of ether oxygens (including phenoxy) is 1. The van der Waals surface area contributed by atoms with E-state index in [-0.39, 0.29) is 13.2 Å². The van der Waals surface area contributed by atoms with Crippen molar-refractivity contribution >= 4 is 11.7 Å². The van der Waals surface area contributed by atoms with Crippen LogP contribution >= 0.6 is 11.7 Å². The van der Waals surface area contributed by atoms with Gasteiger partial charge in [-0.15, -0.1) is 4.37 Å². The Kier molecular flexibility index (Phi) is 5.63. The normalized spacial score (nSPS) is 15.4. The van der Waals surface area contributed by atoms with E-state index in [0.717, 1.165) is 17.3 Å². The first-order valence-electron chi connectivity index (χ1n) is 6.64. The topological polar surface area (TPSA) is 87.5 Å². The third-order valence-electron chi connectivity index (χ3n) is 3.22. The lowest BCUT2D eigenvalue weighted by molar-refractivity contribution is 0.0856. The number of rotatable bonds is 8. The Morgan fingerprint density at radius 2 is 2.14 bits per heavy atom. The van der Waals surface area contributed by atoms with Gasteiger partial charge in [-0.25, -0.2) is 0 Å². The van der Waals surface area contributed by atoms with E-state index in [0.29, 0.717) is 12.4 Å². The number of nitrogens with zero attached hydrogens (tertiary/aromatic N) is 2. The van der Waals surface area contributed by atoms with E-state index in [1.165, 1.54) is 6.20 Å². The largest absolute Gasteiger partial charge is 0.473 e. The Morgan fingerprint density at radius 3 is 2.76 bits per heavy atom. The number of aliphatic hydroxyl groups is 2. The standard InChI is InChI=1S/C14H19N3O3S/c1-14(10-18,11-5-3-2-4-6-11)15-7-12(19)9-20-13-8-16-21-17-13/h2-6,8,12,15,18-19H,7,9-10H2,1H3. The van der Waals surface area contributed by atoms with Crippen molar-refractivity contribution in [3.8, 4) is 5.88 Å². The lowest BCUT2D eigenvalue weighted by Crippen LogP contribution is -2.47. The zero-order valence-electron chi connectivity index (χ0n) is 11.8. The molecule has 0 aliphatic heterocycles. The molecular weight excluding hydrogens is 290 g/mol. The summed E-state index contributed by atoms with van der Waals surface area (Å²) in [7, 11) is 0. The summed E-state index contributed by atoms with van der Waals surface area (Å²) in [5.41, 5.74) is 0.356. The van der Waals surface area contributed by atoms with Crippen LogP contribution in [0.15, 0.2) is 36.5 Å². The molecule has 1 aromatic carbocycles. The molecule has 21 heavy (non-hydrogen) atoms. The van der Waals surface area contributed by atoms with Gasteiger partial charge in [-0.1, -0.05) is 30.3 Å². The fourth-order valence-electron chi connectivity index (χ4n) is 1.86. The molecule has 2 atom stereocenters. The summed E-state index contributed by atoms with van der Waals surface area (Å²) in [5.74, 6) is 0.409. The van der Waals surface area contributed by atoms with Gasteiger partial charge in [-0.05, 0) is 12.5 Å². The van der Waals surface area contributed by atoms with E-state index in [1.54, 1.807) is 0 Å². The Balaban J connectivity index is 1.85. The molecule has 0 saturated heterocycles. The van der Waals surface area contributed by atoms with Crippen LogP contribution in [0.25, 0.3) is 0 Å². The average Bonchev–Trinajstić information content (AvgIpc) is 3.05. The first-order valence-corrected chi connectivity index (χ1v) is 7.37. The predicted molar refractivity (Wildman–Crippen MR) is 80.3 cm³/mol. The van der Waals surface area contributed by atoms with E-state index in [4.69, 9.17) is 4.74 Å². The van der Waals surface area contributed by atoms with Crippen LogP contribution in [-0.4, -0.2) is 44.8 Å². The van der Waals surface area contributed by atoms with Gasteiger partial charge in [0.05, 0.1) is 23.9 Å². The highest BCUT2D eigenvalue weighted by Crippen LogP contribution is 2.19. The van der Waals surface area contributed by atoms with Crippen LogP contribution in [0.1, 0.15) is 12.5 Å². The monoisotopic (exact) mass is 309 g/mol. The lowest BCUT2D eigenvalue weighted by Gasteiger charge is -2.30. The molecule has 0 aliphatic rings. The second kappa shape index (κ2) is 7.46. The van der Waals surface area contributed by atoms with Crippen molar-refractivity contribution in [2.75, 3.05) is 19.8 Å². The summed E-state index contributed by atoms with van der Waals surface area (Å²) >= 11 is 1.05. The molecular formula is C14H19N3O3S. The highest BCUT2D eigenvalue weighted by atomic mass is 32.1. The molecule has 1 heterocycles. The van der Waals surface area contributed by atoms with Crippen LogP contribution in [0, 0.1) is 0 Å². The lowest BCUT2D eigenvalue weighted by atomic mass is 9.93. The van der Waals surface area contributed by atoms with Crippen LogP contribution in [-0.2, 0) is 5.54 Å². The summed E-state index contributed by atoms with van der Waals surface area (Å²) in [6.07, 6.45) is 0.799. The Morgan fingerprint density at radius 1 is 1.38 bits per heavy atom. The van der Waals surface area contributed by atoms with Crippen LogP contribution in [0.2, 0.25) is 0 Å². The zero-order chi connectivity index (χ0) is 15.1. The number of nitrogens with one attached hydrogen (secondary N) is 1. The molecule has 6 nitrogen and oxygen atoms in total. The smallest absolute Gasteiger partial charge is 0.245 e. The fourth-order valence-corrected chi connectivity index (χ4v) is 2.22. The van der Waals surface area contributed by atoms with Crippen molar-refractivity contribution in [3.05, 3.63) is 42.1 Å². The molecule has 0 saturated carbocycles. The van der Waals surface area contributed by atoms with Gasteiger partial charge >= 0.3 is 0 Å². The molecule has 7 heteroatoms. The summed E-state index contributed by atoms with van der Waals surface area (Å²) in [5, 5.41) is 22.8. The second-order valence-corrected chi connectivity index (χ2v) is 5.50. The molecule has 0 amide bonds. The maximum Gasteiger partial charge on any atom is 0.245 e. The number of benzene rings is 1. The maximum absolute atomic E-state index is 9.94. The number of aromatic nitrogens is 2. The van der Waals surface area contributed by atoms with Crippen molar-refractivity contribution in [2.24, 2.45) is 0 Å². The van der Waals surface area contributed by atoms with Crippen molar-refractivity contribution < 1.29 is 14.9 Å². The van der Waals surface area contributed by atoms with Gasteiger partial charge in [0.15, 0.2) is 0 Å². The third-order valence-corrected chi connectivity index (χ3v) is 3.68. The van der Waals surface area contributed by atoms with Crippen LogP contribution in [0.5, 0.6) is 5.88 Å². The number of hydrogen-bond donors (Lipinski definition) is 3. The molecule has 0 aliphatic carbocycles. The molecule has 0 bridgehead atoms. The van der Waals surface area contributed by atoms with Crippen molar-refractivity contribution in [3.63, 3.8) is 0 Å².